The smallest absolute Gasteiger partial charge is 0.257 e. The fraction of sp³-hybridized carbons (Fsp3) is 0.429. The first-order valence-corrected chi connectivity index (χ1v) is 16.0. The van der Waals surface area contributed by atoms with Crippen LogP contribution in [0.3, 0.4) is 0 Å². The molecule has 11 heteroatoms. The predicted molar refractivity (Wildman–Crippen MR) is 179 cm³/mol. The Morgan fingerprint density at radius 1 is 1.02 bits per heavy atom. The number of hydrogen-bond donors (Lipinski definition) is 2. The average Bonchev–Trinajstić information content (AvgIpc) is 3.37. The Hall–Kier alpha value is -4.80. The average molecular weight is 626 g/mol. The van der Waals surface area contributed by atoms with Gasteiger partial charge in [-0.3, -0.25) is 14.4 Å². The lowest BCUT2D eigenvalue weighted by Crippen LogP contribution is -2.44. The number of Topliss-reactive ketones (excluding diaryl/α,β-unsaturated/α-hetero) is 1. The van der Waals surface area contributed by atoms with Crippen LogP contribution in [0.2, 0.25) is 0 Å². The third-order valence-corrected chi connectivity index (χ3v) is 8.66. The van der Waals surface area contributed by atoms with E-state index < -0.39 is 11.8 Å². The largest absolute Gasteiger partial charge is 0.494 e. The third kappa shape index (κ3) is 7.88. The molecule has 1 aromatic heterocycles. The van der Waals surface area contributed by atoms with Gasteiger partial charge in [-0.1, -0.05) is 18.2 Å². The van der Waals surface area contributed by atoms with Gasteiger partial charge in [-0.2, -0.15) is 10.1 Å². The zero-order chi connectivity index (χ0) is 32.6. The van der Waals surface area contributed by atoms with Gasteiger partial charge in [0.1, 0.15) is 11.6 Å². The third-order valence-electron chi connectivity index (χ3n) is 8.66. The summed E-state index contributed by atoms with van der Waals surface area (Å²) >= 11 is 0. The highest BCUT2D eigenvalue weighted by Crippen LogP contribution is 2.32. The molecule has 2 heterocycles. The summed E-state index contributed by atoms with van der Waals surface area (Å²) in [6.07, 6.45) is 5.33. The van der Waals surface area contributed by atoms with Gasteiger partial charge in [0.05, 0.1) is 24.1 Å². The fourth-order valence-electron chi connectivity index (χ4n) is 6.12. The van der Waals surface area contributed by atoms with Crippen LogP contribution in [0.1, 0.15) is 56.3 Å². The zero-order valence-electron chi connectivity index (χ0n) is 27.0. The van der Waals surface area contributed by atoms with Crippen LogP contribution in [0.25, 0.3) is 0 Å². The molecular weight excluding hydrogens is 582 g/mol. The van der Waals surface area contributed by atoms with Gasteiger partial charge in [-0.15, -0.1) is 0 Å². The Morgan fingerprint density at radius 3 is 2.41 bits per heavy atom. The van der Waals surface area contributed by atoms with Crippen molar-refractivity contribution in [2.75, 3.05) is 42.5 Å². The van der Waals surface area contributed by atoms with Crippen molar-refractivity contribution < 1.29 is 19.1 Å². The van der Waals surface area contributed by atoms with E-state index in [1.54, 1.807) is 49.5 Å². The fourth-order valence-corrected chi connectivity index (χ4v) is 6.12. The second-order valence-electron chi connectivity index (χ2n) is 12.1. The maximum absolute atomic E-state index is 13.9. The van der Waals surface area contributed by atoms with Gasteiger partial charge in [0.25, 0.3) is 5.91 Å². The Kier molecular flexibility index (Phi) is 10.6. The molecule has 1 aliphatic heterocycles. The monoisotopic (exact) mass is 625 g/mol. The van der Waals surface area contributed by atoms with E-state index in [9.17, 15) is 14.4 Å². The van der Waals surface area contributed by atoms with Crippen LogP contribution in [-0.4, -0.2) is 66.6 Å². The number of aromatic nitrogens is 2. The first-order valence-electron chi connectivity index (χ1n) is 16.0. The normalized spacial score (nSPS) is 20.1. The number of ether oxygens (including phenoxy) is 1. The van der Waals surface area contributed by atoms with Crippen molar-refractivity contribution in [1.82, 2.24) is 15.3 Å². The molecule has 242 valence electrons. The summed E-state index contributed by atoms with van der Waals surface area (Å²) in [5.74, 6) is -0.162. The molecule has 1 aliphatic carbocycles. The summed E-state index contributed by atoms with van der Waals surface area (Å²) in [4.78, 5) is 52.0. The van der Waals surface area contributed by atoms with E-state index >= 15 is 0 Å². The highest BCUT2D eigenvalue weighted by Gasteiger charge is 2.44. The van der Waals surface area contributed by atoms with E-state index in [-0.39, 0.29) is 36.0 Å². The molecule has 46 heavy (non-hydrogen) atoms. The highest BCUT2D eigenvalue weighted by atomic mass is 16.5. The van der Waals surface area contributed by atoms with Crippen LogP contribution in [0.4, 0.5) is 17.5 Å². The first-order chi connectivity index (χ1) is 22.2. The summed E-state index contributed by atoms with van der Waals surface area (Å²) in [6.45, 7) is 4.64. The van der Waals surface area contributed by atoms with E-state index in [4.69, 9.17) is 4.74 Å². The molecule has 2 atom stereocenters. The number of para-hydroxylation sites is 1. The maximum Gasteiger partial charge on any atom is 0.257 e. The SMILES string of the molecule is CCOc1ccc(C(=O)CC(C(=O)NC[C@H]2CC[C@@H](Nc3nccc(N(C)C)n3)CC2)C2C(=O)N(c3ccccc3)N=C2C)cc1. The van der Waals surface area contributed by atoms with Gasteiger partial charge < -0.3 is 20.3 Å². The number of benzene rings is 2. The minimum atomic E-state index is -0.900. The first kappa shape index (κ1) is 32.6. The van der Waals surface area contributed by atoms with Gasteiger partial charge in [-0.05, 0) is 87.9 Å². The molecule has 0 bridgehead atoms. The Bertz CT molecular complexity index is 1540. The maximum atomic E-state index is 13.9. The number of ketones is 1. The molecule has 0 saturated heterocycles. The van der Waals surface area contributed by atoms with Crippen LogP contribution in [-0.2, 0) is 9.59 Å². The van der Waals surface area contributed by atoms with E-state index in [2.05, 4.69) is 25.7 Å². The van der Waals surface area contributed by atoms with Crippen LogP contribution < -0.4 is 25.3 Å². The van der Waals surface area contributed by atoms with Crippen LogP contribution in [0.15, 0.2) is 72.0 Å². The predicted octanol–water partition coefficient (Wildman–Crippen LogP) is 4.96. The van der Waals surface area contributed by atoms with Crippen molar-refractivity contribution in [2.45, 2.75) is 52.0 Å². The molecule has 2 amide bonds. The number of rotatable bonds is 13. The standard InChI is InChI=1S/C35H43N7O4/c1-5-46-28-17-13-25(14-18-28)30(43)21-29(32-23(2)40-42(34(32)45)27-9-7-6-8-10-27)33(44)37-22-24-11-15-26(16-12-24)38-35-36-20-19-31(39-35)41(3)4/h6-10,13-14,17-20,24,26,29,32H,5,11-12,15-16,21-22H2,1-4H3,(H,37,44)(H,36,38,39)/t24-,26+,29?,32?. The zero-order valence-corrected chi connectivity index (χ0v) is 27.0. The molecule has 1 fully saturated rings. The lowest BCUT2D eigenvalue weighted by Gasteiger charge is -2.30. The molecular formula is C35H43N7O4. The number of hydrogen-bond acceptors (Lipinski definition) is 9. The van der Waals surface area contributed by atoms with Gasteiger partial charge in [0, 0.05) is 50.6 Å². The molecule has 2 aliphatic rings. The van der Waals surface area contributed by atoms with Crippen molar-refractivity contribution in [3.63, 3.8) is 0 Å². The molecule has 1 saturated carbocycles. The Morgan fingerprint density at radius 2 is 1.74 bits per heavy atom. The molecule has 0 radical (unpaired) electrons. The van der Waals surface area contributed by atoms with Crippen molar-refractivity contribution in [2.24, 2.45) is 22.9 Å². The number of carbonyl (C=O) groups excluding carboxylic acids is 3. The number of hydrazone groups is 1. The van der Waals surface area contributed by atoms with Gasteiger partial charge in [0.15, 0.2) is 5.78 Å². The van der Waals surface area contributed by atoms with E-state index in [1.165, 1.54) is 5.01 Å². The second-order valence-corrected chi connectivity index (χ2v) is 12.1. The Balaban J connectivity index is 1.24. The number of carbonyl (C=O) groups is 3. The summed E-state index contributed by atoms with van der Waals surface area (Å²) in [6, 6.07) is 18.1. The Labute approximate surface area is 270 Å². The van der Waals surface area contributed by atoms with Gasteiger partial charge in [-0.25, -0.2) is 9.99 Å². The summed E-state index contributed by atoms with van der Waals surface area (Å²) < 4.78 is 5.51. The van der Waals surface area contributed by atoms with Crippen molar-refractivity contribution in [3.8, 4) is 5.75 Å². The summed E-state index contributed by atoms with van der Waals surface area (Å²) in [7, 11) is 3.89. The van der Waals surface area contributed by atoms with Crippen molar-refractivity contribution in [3.05, 3.63) is 72.4 Å². The van der Waals surface area contributed by atoms with E-state index in [1.807, 2.05) is 50.2 Å². The van der Waals surface area contributed by atoms with Crippen LogP contribution in [0, 0.1) is 17.8 Å². The number of anilines is 3. The quantitative estimate of drug-likeness (QED) is 0.255. The minimum absolute atomic E-state index is 0.117. The highest BCUT2D eigenvalue weighted by molar-refractivity contribution is 6.17. The van der Waals surface area contributed by atoms with E-state index in [0.29, 0.717) is 41.8 Å². The van der Waals surface area contributed by atoms with Gasteiger partial charge in [0.2, 0.25) is 11.9 Å². The summed E-state index contributed by atoms with van der Waals surface area (Å²) in [5, 5.41) is 12.4. The molecule has 2 N–H and O–H groups in total. The van der Waals surface area contributed by atoms with Gasteiger partial charge >= 0.3 is 0 Å². The molecule has 3 aromatic rings. The number of nitrogens with zero attached hydrogens (tertiary/aromatic N) is 5. The molecule has 2 aromatic carbocycles. The molecule has 11 nitrogen and oxygen atoms in total. The number of amides is 2. The van der Waals surface area contributed by atoms with Crippen LogP contribution in [0.5, 0.6) is 5.75 Å². The lowest BCUT2D eigenvalue weighted by atomic mass is 9.82. The van der Waals surface area contributed by atoms with Crippen molar-refractivity contribution in [1.29, 1.82) is 0 Å². The topological polar surface area (TPSA) is 129 Å². The van der Waals surface area contributed by atoms with Crippen molar-refractivity contribution >= 4 is 40.8 Å². The molecule has 0 spiro atoms. The number of nitrogens with one attached hydrogen (secondary N) is 2. The van der Waals surface area contributed by atoms with E-state index in [0.717, 1.165) is 31.5 Å². The molecule has 2 unspecified atom stereocenters. The van der Waals surface area contributed by atoms with Crippen LogP contribution >= 0.6 is 0 Å². The second kappa shape index (κ2) is 15.0. The summed E-state index contributed by atoms with van der Waals surface area (Å²) in [5.41, 5.74) is 1.60. The minimum Gasteiger partial charge on any atom is -0.494 e. The lowest BCUT2D eigenvalue weighted by molar-refractivity contribution is -0.131. The molecule has 5 rings (SSSR count).